The number of carbonyl (C=O) groups is 1. The van der Waals surface area contributed by atoms with E-state index in [2.05, 4.69) is 25.7 Å². The lowest BCUT2D eigenvalue weighted by Crippen LogP contribution is -2.41. The van der Waals surface area contributed by atoms with Crippen LogP contribution in [0.25, 0.3) is 16.8 Å². The molecule has 3 aromatic rings. The maximum Gasteiger partial charge on any atom is 0.250 e. The van der Waals surface area contributed by atoms with Gasteiger partial charge in [-0.2, -0.15) is 0 Å². The van der Waals surface area contributed by atoms with Crippen LogP contribution in [-0.4, -0.2) is 74.7 Å². The molecule has 0 spiro atoms. The van der Waals surface area contributed by atoms with Gasteiger partial charge in [-0.1, -0.05) is 0 Å². The van der Waals surface area contributed by atoms with Crippen molar-refractivity contribution in [3.8, 4) is 11.3 Å². The number of nitrogens with one attached hydrogen (secondary N) is 2. The van der Waals surface area contributed by atoms with Gasteiger partial charge in [0, 0.05) is 49.9 Å². The van der Waals surface area contributed by atoms with Gasteiger partial charge in [0.25, 0.3) is 6.43 Å². The minimum atomic E-state index is -2.42. The highest BCUT2D eigenvalue weighted by atomic mass is 19.3. The summed E-state index contributed by atoms with van der Waals surface area (Å²) in [5.41, 5.74) is 4.70. The molecule has 0 bridgehead atoms. The Kier molecular flexibility index (Phi) is 5.94. The third-order valence-electron chi connectivity index (χ3n) is 6.35. The minimum absolute atomic E-state index is 0.00846. The first-order valence-electron chi connectivity index (χ1n) is 11.3. The van der Waals surface area contributed by atoms with Crippen LogP contribution >= 0.6 is 0 Å². The number of fused-ring (bicyclic) bond motifs is 2. The Hall–Kier alpha value is -3.47. The summed E-state index contributed by atoms with van der Waals surface area (Å²) in [7, 11) is 1.81. The van der Waals surface area contributed by atoms with E-state index >= 15 is 0 Å². The maximum atomic E-state index is 12.7. The van der Waals surface area contributed by atoms with Gasteiger partial charge in [0.2, 0.25) is 11.9 Å². The van der Waals surface area contributed by atoms with Crippen LogP contribution in [0.15, 0.2) is 35.6 Å². The van der Waals surface area contributed by atoms with Gasteiger partial charge in [-0.15, -0.1) is 5.10 Å². The molecule has 0 aliphatic carbocycles. The van der Waals surface area contributed by atoms with Crippen molar-refractivity contribution in [2.24, 2.45) is 4.99 Å². The van der Waals surface area contributed by atoms with Crippen molar-refractivity contribution in [2.45, 2.75) is 44.7 Å². The van der Waals surface area contributed by atoms with Crippen molar-refractivity contribution in [1.82, 2.24) is 29.8 Å². The highest BCUT2D eigenvalue weighted by Gasteiger charge is 2.25. The van der Waals surface area contributed by atoms with E-state index < -0.39 is 6.43 Å². The number of likely N-dealkylation sites (tertiary alicyclic amines) is 1. The lowest BCUT2D eigenvalue weighted by Gasteiger charge is -2.29. The predicted octanol–water partition coefficient (Wildman–Crippen LogP) is 2.70. The normalized spacial score (nSPS) is 20.6. The van der Waals surface area contributed by atoms with Gasteiger partial charge in [0.15, 0.2) is 0 Å². The van der Waals surface area contributed by atoms with Gasteiger partial charge in [0.05, 0.1) is 41.4 Å². The summed E-state index contributed by atoms with van der Waals surface area (Å²) in [5, 5.41) is 10.7. The molecule has 5 heterocycles. The van der Waals surface area contributed by atoms with Crippen LogP contribution in [0.5, 0.6) is 0 Å². The smallest absolute Gasteiger partial charge is 0.250 e. The summed E-state index contributed by atoms with van der Waals surface area (Å²) >= 11 is 0. The largest absolute Gasteiger partial charge is 0.350 e. The summed E-state index contributed by atoms with van der Waals surface area (Å²) in [5.74, 6) is 0.575. The molecule has 1 saturated heterocycles. The third-order valence-corrected chi connectivity index (χ3v) is 6.35. The van der Waals surface area contributed by atoms with E-state index in [4.69, 9.17) is 4.98 Å². The molecular formula is C23H26F2N8O. The molecule has 2 aliphatic heterocycles. The fourth-order valence-corrected chi connectivity index (χ4v) is 4.39. The van der Waals surface area contributed by atoms with Crippen molar-refractivity contribution < 1.29 is 13.6 Å². The van der Waals surface area contributed by atoms with Crippen LogP contribution in [-0.2, 0) is 11.2 Å². The average Bonchev–Trinajstić information content (AvgIpc) is 3.23. The molecular weight excluding hydrogens is 442 g/mol. The number of hydrogen-bond donors (Lipinski definition) is 2. The second-order valence-corrected chi connectivity index (χ2v) is 8.76. The van der Waals surface area contributed by atoms with Crippen LogP contribution in [0, 0.1) is 0 Å². The molecule has 2 aliphatic rings. The first-order valence-corrected chi connectivity index (χ1v) is 11.3. The first-order chi connectivity index (χ1) is 16.4. The number of aliphatic imine (C=N–C) groups is 1. The van der Waals surface area contributed by atoms with Crippen molar-refractivity contribution >= 4 is 28.8 Å². The van der Waals surface area contributed by atoms with Gasteiger partial charge in [-0.25, -0.2) is 18.3 Å². The number of piperidine rings is 1. The molecule has 0 aromatic carbocycles. The minimum Gasteiger partial charge on any atom is -0.350 e. The Morgan fingerprint density at radius 1 is 1.24 bits per heavy atom. The van der Waals surface area contributed by atoms with E-state index in [0.717, 1.165) is 40.3 Å². The van der Waals surface area contributed by atoms with Gasteiger partial charge in [-0.05, 0) is 31.5 Å². The SMILES string of the molecule is CC1=Nc2ccc(-c3ccn4nc(N[C@H]5CCN(C)C(=O)C5)ncc34)nc2CC1NCC(F)F. The molecule has 2 N–H and O–H groups in total. The summed E-state index contributed by atoms with van der Waals surface area (Å²) < 4.78 is 27.0. The van der Waals surface area contributed by atoms with E-state index in [1.165, 1.54) is 0 Å². The summed E-state index contributed by atoms with van der Waals surface area (Å²) in [6.45, 7) is 2.17. The Bertz CT molecular complexity index is 1260. The highest BCUT2D eigenvalue weighted by Crippen LogP contribution is 2.30. The number of amides is 1. The van der Waals surface area contributed by atoms with Gasteiger partial charge < -0.3 is 15.5 Å². The Labute approximate surface area is 195 Å². The summed E-state index contributed by atoms with van der Waals surface area (Å²) in [4.78, 5) is 27.5. The second kappa shape index (κ2) is 9.05. The van der Waals surface area contributed by atoms with E-state index in [1.807, 2.05) is 38.4 Å². The van der Waals surface area contributed by atoms with Gasteiger partial charge in [-0.3, -0.25) is 14.8 Å². The molecule has 0 saturated carbocycles. The standard InChI is InChI=1S/C23H26F2N8O/c1-13-18(26-12-21(24)25)10-19-17(28-13)4-3-16(30-19)15-6-8-33-20(15)11-27-23(31-33)29-14-5-7-32(2)22(34)9-14/h3-4,6,8,11,14,18,21,26H,5,7,9-10,12H2,1-2H3,(H,29,31)/t14-,18?/m0/s1. The fraction of sp³-hybridized carbons (Fsp3) is 0.435. The van der Waals surface area contributed by atoms with Crippen LogP contribution in [0.2, 0.25) is 0 Å². The summed E-state index contributed by atoms with van der Waals surface area (Å²) in [6.07, 6.45) is 2.92. The quantitative estimate of drug-likeness (QED) is 0.577. The second-order valence-electron chi connectivity index (χ2n) is 8.76. The van der Waals surface area contributed by atoms with Gasteiger partial charge in [0.1, 0.15) is 0 Å². The monoisotopic (exact) mass is 468 g/mol. The van der Waals surface area contributed by atoms with Crippen molar-refractivity contribution in [2.75, 3.05) is 25.5 Å². The zero-order valence-corrected chi connectivity index (χ0v) is 19.0. The molecule has 11 heteroatoms. The molecule has 1 fully saturated rings. The van der Waals surface area contributed by atoms with E-state index in [1.54, 1.807) is 15.6 Å². The topological polar surface area (TPSA) is 99.8 Å². The lowest BCUT2D eigenvalue weighted by atomic mass is 10.0. The van der Waals surface area contributed by atoms with Crippen molar-refractivity contribution in [3.63, 3.8) is 0 Å². The van der Waals surface area contributed by atoms with Crippen molar-refractivity contribution in [1.29, 1.82) is 0 Å². The molecule has 0 radical (unpaired) electrons. The van der Waals surface area contributed by atoms with Crippen LogP contribution in [0.3, 0.4) is 0 Å². The number of anilines is 1. The Balaban J connectivity index is 1.36. The first kappa shape index (κ1) is 22.3. The number of hydrogen-bond acceptors (Lipinski definition) is 7. The molecule has 2 atom stereocenters. The Morgan fingerprint density at radius 2 is 2.09 bits per heavy atom. The van der Waals surface area contributed by atoms with Crippen LogP contribution in [0.4, 0.5) is 20.4 Å². The van der Waals surface area contributed by atoms with Crippen molar-refractivity contribution in [3.05, 3.63) is 36.3 Å². The predicted molar refractivity (Wildman–Crippen MR) is 125 cm³/mol. The molecule has 9 nitrogen and oxygen atoms in total. The number of aromatic nitrogens is 4. The number of pyridine rings is 1. The number of rotatable bonds is 6. The average molecular weight is 469 g/mol. The van der Waals surface area contributed by atoms with E-state index in [-0.39, 0.29) is 24.5 Å². The number of nitrogens with zero attached hydrogens (tertiary/aromatic N) is 6. The number of alkyl halides is 2. The highest BCUT2D eigenvalue weighted by molar-refractivity contribution is 5.92. The van der Waals surface area contributed by atoms with Crippen LogP contribution < -0.4 is 10.6 Å². The zero-order valence-electron chi connectivity index (χ0n) is 19.0. The fourth-order valence-electron chi connectivity index (χ4n) is 4.39. The Morgan fingerprint density at radius 3 is 2.88 bits per heavy atom. The van der Waals surface area contributed by atoms with Gasteiger partial charge >= 0.3 is 0 Å². The lowest BCUT2D eigenvalue weighted by molar-refractivity contribution is -0.132. The molecule has 5 rings (SSSR count). The molecule has 3 aromatic heterocycles. The van der Waals surface area contributed by atoms with Crippen LogP contribution in [0.1, 0.15) is 25.5 Å². The molecule has 1 unspecified atom stereocenters. The third kappa shape index (κ3) is 4.47. The molecule has 178 valence electrons. The number of carbonyl (C=O) groups excluding carboxylic acids is 1. The van der Waals surface area contributed by atoms with E-state index in [0.29, 0.717) is 25.3 Å². The summed E-state index contributed by atoms with van der Waals surface area (Å²) in [6, 6.07) is 5.47. The maximum absolute atomic E-state index is 12.7. The molecule has 34 heavy (non-hydrogen) atoms. The zero-order chi connectivity index (χ0) is 23.8. The molecule has 1 amide bonds. The number of halogens is 2. The van der Waals surface area contributed by atoms with E-state index in [9.17, 15) is 13.6 Å².